The average molecular weight is 405 g/mol. The monoisotopic (exact) mass is 404 g/mol. The van der Waals surface area contributed by atoms with E-state index in [1.165, 1.54) is 43.5 Å². The van der Waals surface area contributed by atoms with Gasteiger partial charge in [0.15, 0.2) is 0 Å². The summed E-state index contributed by atoms with van der Waals surface area (Å²) in [6, 6.07) is 5.46. The maximum atomic E-state index is 12.9. The van der Waals surface area contributed by atoms with E-state index in [1.54, 1.807) is 0 Å². The molecule has 5 heteroatoms. The van der Waals surface area contributed by atoms with E-state index in [-0.39, 0.29) is 35.7 Å². The highest BCUT2D eigenvalue weighted by Crippen LogP contribution is 2.34. The molecule has 0 aliphatic heterocycles. The Morgan fingerprint density at radius 2 is 1.48 bits per heavy atom. The first-order valence-corrected chi connectivity index (χ1v) is 11.2. The molecule has 4 nitrogen and oxygen atoms in total. The molecule has 0 amide bonds. The van der Waals surface area contributed by atoms with Gasteiger partial charge < -0.3 is 9.47 Å². The van der Waals surface area contributed by atoms with Gasteiger partial charge in [-0.3, -0.25) is 9.59 Å². The van der Waals surface area contributed by atoms with Crippen LogP contribution in [0.5, 0.6) is 5.75 Å². The van der Waals surface area contributed by atoms with Crippen molar-refractivity contribution in [3.63, 3.8) is 0 Å². The quantitative estimate of drug-likeness (QED) is 0.424. The number of rotatable bonds is 7. The molecule has 160 valence electrons. The lowest BCUT2D eigenvalue weighted by molar-refractivity contribution is -0.158. The molecule has 2 aliphatic rings. The lowest BCUT2D eigenvalue weighted by Crippen LogP contribution is -2.32. The summed E-state index contributed by atoms with van der Waals surface area (Å²) in [5, 5.41) is 0. The smallest absolute Gasteiger partial charge is 0.314 e. The Morgan fingerprint density at radius 1 is 0.897 bits per heavy atom. The van der Waals surface area contributed by atoms with Crippen molar-refractivity contribution in [1.82, 2.24) is 0 Å². The van der Waals surface area contributed by atoms with Crippen LogP contribution < -0.4 is 4.74 Å². The standard InChI is InChI=1S/C24H33FO4/c1-2-3-4-17-5-7-18(8-6-17)23(26)28-21-13-9-19(10-14-21)24(27)29-22-15-11-20(25)12-16-22/h11-12,15-19,21H,2-10,13-14H2,1H3. The topological polar surface area (TPSA) is 52.6 Å². The zero-order valence-electron chi connectivity index (χ0n) is 17.4. The first kappa shape index (κ1) is 21.8. The van der Waals surface area contributed by atoms with Gasteiger partial charge in [-0.1, -0.05) is 26.2 Å². The Bertz CT molecular complexity index is 656. The van der Waals surface area contributed by atoms with Gasteiger partial charge in [-0.05, 0) is 81.5 Å². The van der Waals surface area contributed by atoms with E-state index in [1.807, 2.05) is 0 Å². The molecular weight excluding hydrogens is 371 g/mol. The van der Waals surface area contributed by atoms with Crippen LogP contribution in [0.15, 0.2) is 24.3 Å². The van der Waals surface area contributed by atoms with Crippen LogP contribution in [0.25, 0.3) is 0 Å². The number of hydrogen-bond donors (Lipinski definition) is 0. The molecule has 1 aromatic carbocycles. The molecule has 1 aromatic rings. The van der Waals surface area contributed by atoms with Gasteiger partial charge >= 0.3 is 11.9 Å². The normalized spacial score (nSPS) is 27.2. The largest absolute Gasteiger partial charge is 0.462 e. The van der Waals surface area contributed by atoms with E-state index in [4.69, 9.17) is 9.47 Å². The van der Waals surface area contributed by atoms with Gasteiger partial charge in [0.25, 0.3) is 0 Å². The summed E-state index contributed by atoms with van der Waals surface area (Å²) in [5.74, 6) is 0.309. The molecule has 2 saturated carbocycles. The van der Waals surface area contributed by atoms with E-state index in [9.17, 15) is 14.0 Å². The maximum absolute atomic E-state index is 12.9. The number of carbonyl (C=O) groups is 2. The summed E-state index contributed by atoms with van der Waals surface area (Å²) in [7, 11) is 0. The Morgan fingerprint density at radius 3 is 2.10 bits per heavy atom. The number of unbranched alkanes of at least 4 members (excludes halogenated alkanes) is 1. The molecule has 0 bridgehead atoms. The molecule has 0 atom stereocenters. The van der Waals surface area contributed by atoms with Crippen molar-refractivity contribution in [2.45, 2.75) is 83.7 Å². The van der Waals surface area contributed by atoms with Crippen LogP contribution in [0, 0.1) is 23.6 Å². The highest BCUT2D eigenvalue weighted by atomic mass is 19.1. The molecule has 0 aromatic heterocycles. The summed E-state index contributed by atoms with van der Waals surface area (Å²) in [4.78, 5) is 24.8. The van der Waals surface area contributed by atoms with Crippen molar-refractivity contribution >= 4 is 11.9 Å². The third kappa shape index (κ3) is 6.55. The molecule has 0 spiro atoms. The SMILES string of the molecule is CCCCC1CCC(C(=O)OC2CCC(C(=O)Oc3ccc(F)cc3)CC2)CC1. The minimum Gasteiger partial charge on any atom is -0.462 e. The predicted molar refractivity (Wildman–Crippen MR) is 109 cm³/mol. The lowest BCUT2D eigenvalue weighted by Gasteiger charge is -2.31. The second kappa shape index (κ2) is 10.7. The Labute approximate surface area is 173 Å². The van der Waals surface area contributed by atoms with Gasteiger partial charge in [-0.2, -0.15) is 0 Å². The van der Waals surface area contributed by atoms with Crippen LogP contribution >= 0.6 is 0 Å². The van der Waals surface area contributed by atoms with Crippen molar-refractivity contribution < 1.29 is 23.5 Å². The van der Waals surface area contributed by atoms with Crippen LogP contribution in [0.1, 0.15) is 77.6 Å². The summed E-state index contributed by atoms with van der Waals surface area (Å²) in [6.45, 7) is 2.22. The van der Waals surface area contributed by atoms with Crippen LogP contribution in [0.2, 0.25) is 0 Å². The molecule has 0 saturated heterocycles. The maximum Gasteiger partial charge on any atom is 0.314 e. The minimum absolute atomic E-state index is 0.0451. The van der Waals surface area contributed by atoms with Crippen molar-refractivity contribution in [2.75, 3.05) is 0 Å². The number of carbonyl (C=O) groups excluding carboxylic acids is 2. The van der Waals surface area contributed by atoms with E-state index in [0.29, 0.717) is 31.4 Å². The van der Waals surface area contributed by atoms with E-state index in [0.717, 1.165) is 31.6 Å². The van der Waals surface area contributed by atoms with Crippen molar-refractivity contribution in [1.29, 1.82) is 0 Å². The molecular formula is C24H33FO4. The molecule has 0 unspecified atom stereocenters. The molecule has 2 aliphatic carbocycles. The van der Waals surface area contributed by atoms with Crippen LogP contribution in [-0.2, 0) is 14.3 Å². The molecule has 29 heavy (non-hydrogen) atoms. The molecule has 0 radical (unpaired) electrons. The van der Waals surface area contributed by atoms with Crippen LogP contribution in [-0.4, -0.2) is 18.0 Å². The molecule has 0 N–H and O–H groups in total. The minimum atomic E-state index is -0.360. The fraction of sp³-hybridized carbons (Fsp3) is 0.667. The molecule has 3 rings (SSSR count). The fourth-order valence-electron chi connectivity index (χ4n) is 4.56. The van der Waals surface area contributed by atoms with Crippen molar-refractivity contribution in [3.05, 3.63) is 30.1 Å². The Balaban J connectivity index is 1.36. The summed E-state index contributed by atoms with van der Waals surface area (Å²) < 4.78 is 24.1. The van der Waals surface area contributed by atoms with E-state index >= 15 is 0 Å². The van der Waals surface area contributed by atoms with Gasteiger partial charge in [0.1, 0.15) is 17.7 Å². The summed E-state index contributed by atoms with van der Waals surface area (Å²) >= 11 is 0. The highest BCUT2D eigenvalue weighted by molar-refractivity contribution is 5.75. The second-order valence-electron chi connectivity index (χ2n) is 8.65. The van der Waals surface area contributed by atoms with E-state index in [2.05, 4.69) is 6.92 Å². The van der Waals surface area contributed by atoms with Gasteiger partial charge in [-0.15, -0.1) is 0 Å². The molecule has 0 heterocycles. The average Bonchev–Trinajstić information content (AvgIpc) is 2.74. The van der Waals surface area contributed by atoms with Gasteiger partial charge in [0.05, 0.1) is 11.8 Å². The fourth-order valence-corrected chi connectivity index (χ4v) is 4.56. The Kier molecular flexibility index (Phi) is 8.08. The number of esters is 2. The third-order valence-electron chi connectivity index (χ3n) is 6.47. The summed E-state index contributed by atoms with van der Waals surface area (Å²) in [5.41, 5.74) is 0. The van der Waals surface area contributed by atoms with Crippen molar-refractivity contribution in [2.24, 2.45) is 17.8 Å². The van der Waals surface area contributed by atoms with Gasteiger partial charge in [-0.25, -0.2) is 4.39 Å². The lowest BCUT2D eigenvalue weighted by atomic mass is 9.80. The number of hydrogen-bond acceptors (Lipinski definition) is 4. The number of halogens is 1. The second-order valence-corrected chi connectivity index (χ2v) is 8.65. The Hall–Kier alpha value is -1.91. The molecule has 2 fully saturated rings. The first-order valence-electron chi connectivity index (χ1n) is 11.2. The highest BCUT2D eigenvalue weighted by Gasteiger charge is 2.32. The zero-order valence-corrected chi connectivity index (χ0v) is 17.4. The predicted octanol–water partition coefficient (Wildman–Crippen LogP) is 5.83. The third-order valence-corrected chi connectivity index (χ3v) is 6.47. The van der Waals surface area contributed by atoms with Crippen molar-refractivity contribution in [3.8, 4) is 5.75 Å². The number of benzene rings is 1. The van der Waals surface area contributed by atoms with E-state index < -0.39 is 0 Å². The first-order chi connectivity index (χ1) is 14.0. The van der Waals surface area contributed by atoms with Crippen LogP contribution in [0.4, 0.5) is 4.39 Å². The number of ether oxygens (including phenoxy) is 2. The van der Waals surface area contributed by atoms with Gasteiger partial charge in [0.2, 0.25) is 0 Å². The van der Waals surface area contributed by atoms with Gasteiger partial charge in [0, 0.05) is 0 Å². The summed E-state index contributed by atoms with van der Waals surface area (Å²) in [6.07, 6.45) is 10.6. The zero-order chi connectivity index (χ0) is 20.6. The van der Waals surface area contributed by atoms with Crippen LogP contribution in [0.3, 0.4) is 0 Å².